The van der Waals surface area contributed by atoms with Crippen LogP contribution in [0.25, 0.3) is 0 Å². The topological polar surface area (TPSA) is 88.1 Å². The molecular weight excluding hydrogens is 348 g/mol. The van der Waals surface area contributed by atoms with Crippen molar-refractivity contribution in [3.05, 3.63) is 35.7 Å². The number of dihydropyridines is 1. The highest BCUT2D eigenvalue weighted by Crippen LogP contribution is 2.42. The van der Waals surface area contributed by atoms with Gasteiger partial charge in [0.2, 0.25) is 0 Å². The molecule has 0 amide bonds. The Kier molecular flexibility index (Phi) is 5.48. The van der Waals surface area contributed by atoms with Crippen molar-refractivity contribution >= 4 is 21.8 Å². The molecule has 3 aliphatic rings. The van der Waals surface area contributed by atoms with Crippen molar-refractivity contribution in [2.75, 3.05) is 18.1 Å². The Balaban J connectivity index is 1.96. The minimum absolute atomic E-state index is 0.0758. The maximum absolute atomic E-state index is 12.3. The van der Waals surface area contributed by atoms with Gasteiger partial charge >= 0.3 is 0 Å². The van der Waals surface area contributed by atoms with E-state index in [9.17, 15) is 8.42 Å². The van der Waals surface area contributed by atoms with Crippen LogP contribution in [0.15, 0.2) is 45.7 Å². The summed E-state index contributed by atoms with van der Waals surface area (Å²) in [4.78, 5) is 11.6. The van der Waals surface area contributed by atoms with Gasteiger partial charge in [0.05, 0.1) is 22.9 Å². The van der Waals surface area contributed by atoms with Crippen molar-refractivity contribution in [3.63, 3.8) is 0 Å². The quantitative estimate of drug-likeness (QED) is 0.703. The third-order valence-electron chi connectivity index (χ3n) is 5.15. The van der Waals surface area contributed by atoms with Gasteiger partial charge in [0.15, 0.2) is 9.84 Å². The molecule has 0 aromatic carbocycles. The zero-order chi connectivity index (χ0) is 18.8. The predicted octanol–water partition coefficient (Wildman–Crippen LogP) is 2.20. The Morgan fingerprint density at radius 1 is 1.23 bits per heavy atom. The molecule has 0 aromatic rings. The zero-order valence-electron chi connectivity index (χ0n) is 15.6. The second-order valence-corrected chi connectivity index (χ2v) is 9.33. The van der Waals surface area contributed by atoms with Gasteiger partial charge in [-0.25, -0.2) is 8.42 Å². The lowest BCUT2D eigenvalue weighted by Gasteiger charge is -2.42. The lowest BCUT2D eigenvalue weighted by atomic mass is 9.81. The minimum Gasteiger partial charge on any atom is -0.397 e. The second kappa shape index (κ2) is 7.48. The number of allylic oxidation sites excluding steroid dienone is 3. The molecule has 142 valence electrons. The van der Waals surface area contributed by atoms with E-state index in [0.717, 1.165) is 30.7 Å². The van der Waals surface area contributed by atoms with Gasteiger partial charge in [-0.15, -0.1) is 0 Å². The average Bonchev–Trinajstić information content (AvgIpc) is 2.92. The highest BCUT2D eigenvalue weighted by Gasteiger charge is 2.52. The maximum Gasteiger partial charge on any atom is 0.151 e. The van der Waals surface area contributed by atoms with Crippen molar-refractivity contribution in [1.82, 2.24) is 4.90 Å². The highest BCUT2D eigenvalue weighted by atomic mass is 32.2. The van der Waals surface area contributed by atoms with E-state index in [4.69, 9.17) is 10.7 Å². The molecule has 2 unspecified atom stereocenters. The molecule has 0 radical (unpaired) electrons. The number of nitrogens with zero attached hydrogens (tertiary/aromatic N) is 3. The van der Waals surface area contributed by atoms with Crippen LogP contribution in [0, 0.1) is 0 Å². The van der Waals surface area contributed by atoms with Gasteiger partial charge in [-0.3, -0.25) is 14.9 Å². The summed E-state index contributed by atoms with van der Waals surface area (Å²) < 4.78 is 24.7. The first-order valence-electron chi connectivity index (χ1n) is 9.40. The number of rotatable bonds is 8. The fraction of sp³-hybridized carbons (Fsp3) is 0.579. The van der Waals surface area contributed by atoms with E-state index in [1.807, 2.05) is 25.2 Å². The van der Waals surface area contributed by atoms with E-state index in [1.165, 1.54) is 0 Å². The normalized spacial score (nSPS) is 27.6. The Morgan fingerprint density at radius 3 is 2.77 bits per heavy atom. The third kappa shape index (κ3) is 3.30. The monoisotopic (exact) mass is 376 g/mol. The third-order valence-corrected chi connectivity index (χ3v) is 6.98. The first-order chi connectivity index (χ1) is 12.4. The summed E-state index contributed by atoms with van der Waals surface area (Å²) in [5.74, 6) is 0.350. The fourth-order valence-electron chi connectivity index (χ4n) is 3.92. The fourth-order valence-corrected chi connectivity index (χ4v) is 5.22. The molecule has 2 atom stereocenters. The van der Waals surface area contributed by atoms with Crippen molar-refractivity contribution in [1.29, 1.82) is 0 Å². The lowest BCUT2D eigenvalue weighted by molar-refractivity contribution is 0.171. The molecule has 3 rings (SSSR count). The van der Waals surface area contributed by atoms with Gasteiger partial charge < -0.3 is 5.73 Å². The summed E-state index contributed by atoms with van der Waals surface area (Å²) in [7, 11) is -3.08. The van der Waals surface area contributed by atoms with Gasteiger partial charge in [0.25, 0.3) is 0 Å². The molecule has 6 nitrogen and oxygen atoms in total. The lowest BCUT2D eigenvalue weighted by Crippen LogP contribution is -2.56. The van der Waals surface area contributed by atoms with E-state index >= 15 is 0 Å². The molecule has 26 heavy (non-hydrogen) atoms. The molecule has 0 fully saturated rings. The van der Waals surface area contributed by atoms with E-state index < -0.39 is 15.4 Å². The number of nitrogens with two attached hydrogens (primary N) is 1. The van der Waals surface area contributed by atoms with Crippen molar-refractivity contribution in [2.24, 2.45) is 15.7 Å². The summed E-state index contributed by atoms with van der Waals surface area (Å²) in [6.07, 6.45) is 13.0. The van der Waals surface area contributed by atoms with Crippen LogP contribution in [-0.2, 0) is 9.84 Å². The Labute approximate surface area is 156 Å². The van der Waals surface area contributed by atoms with E-state index in [2.05, 4.69) is 22.9 Å². The van der Waals surface area contributed by atoms with Gasteiger partial charge in [-0.1, -0.05) is 32.8 Å². The van der Waals surface area contributed by atoms with Crippen LogP contribution in [0.5, 0.6) is 0 Å². The van der Waals surface area contributed by atoms with E-state index in [0.29, 0.717) is 18.7 Å². The van der Waals surface area contributed by atoms with Crippen LogP contribution in [0.1, 0.15) is 39.5 Å². The van der Waals surface area contributed by atoms with Gasteiger partial charge in [0, 0.05) is 18.5 Å². The predicted molar refractivity (Wildman–Crippen MR) is 107 cm³/mol. The minimum atomic E-state index is -3.08. The van der Waals surface area contributed by atoms with Gasteiger partial charge in [-0.05, 0) is 31.1 Å². The number of hydrogen-bond acceptors (Lipinski definition) is 6. The molecule has 0 saturated carbocycles. The summed E-state index contributed by atoms with van der Waals surface area (Å²) in [6.45, 7) is 4.46. The number of hydrogen-bond donors (Lipinski definition) is 1. The van der Waals surface area contributed by atoms with Crippen LogP contribution in [-0.4, -0.2) is 55.0 Å². The van der Waals surface area contributed by atoms with E-state index in [-0.39, 0.29) is 17.7 Å². The smallest absolute Gasteiger partial charge is 0.151 e. The summed E-state index contributed by atoms with van der Waals surface area (Å²) >= 11 is 0. The van der Waals surface area contributed by atoms with Crippen LogP contribution < -0.4 is 5.73 Å². The Morgan fingerprint density at radius 2 is 2.04 bits per heavy atom. The average molecular weight is 377 g/mol. The van der Waals surface area contributed by atoms with Crippen molar-refractivity contribution < 1.29 is 8.42 Å². The van der Waals surface area contributed by atoms with Crippen molar-refractivity contribution in [2.45, 2.75) is 51.2 Å². The Bertz CT molecular complexity index is 807. The van der Waals surface area contributed by atoms with Crippen molar-refractivity contribution in [3.8, 4) is 0 Å². The largest absolute Gasteiger partial charge is 0.397 e. The first kappa shape index (κ1) is 19.0. The molecule has 0 aromatic heterocycles. The standard InChI is InChI=1S/C19H28N4O2S/c1-3-5-7-17-22-18-15(20)8-9-16-19(18,10-6-11-21-16)23(17)12-14-26(24,25)13-4-2/h6,8-11,17H,3-5,7,12-14,20H2,1-2H3. The Hall–Kier alpha value is -1.73. The van der Waals surface area contributed by atoms with E-state index in [1.54, 1.807) is 6.21 Å². The SMILES string of the molecule is CCCCC1N=C2C(N)=CC=C3N=CC=CC32N1CCS(=O)(=O)CCC. The molecule has 2 N–H and O–H groups in total. The summed E-state index contributed by atoms with van der Waals surface area (Å²) in [6, 6.07) is 0. The van der Waals surface area contributed by atoms with Gasteiger partial charge in [0.1, 0.15) is 11.7 Å². The molecule has 1 aliphatic carbocycles. The van der Waals surface area contributed by atoms with Gasteiger partial charge in [-0.2, -0.15) is 0 Å². The van der Waals surface area contributed by atoms with Crippen LogP contribution in [0.2, 0.25) is 0 Å². The number of sulfone groups is 1. The molecule has 0 saturated heterocycles. The molecule has 0 bridgehead atoms. The zero-order valence-corrected chi connectivity index (χ0v) is 16.4. The van der Waals surface area contributed by atoms with Crippen LogP contribution >= 0.6 is 0 Å². The highest BCUT2D eigenvalue weighted by molar-refractivity contribution is 7.91. The molecule has 2 aliphatic heterocycles. The second-order valence-electron chi connectivity index (χ2n) is 7.02. The number of unbranched alkanes of at least 4 members (excludes halogenated alkanes) is 1. The maximum atomic E-state index is 12.3. The molecule has 2 heterocycles. The summed E-state index contributed by atoms with van der Waals surface area (Å²) in [5.41, 5.74) is 7.93. The van der Waals surface area contributed by atoms with Crippen LogP contribution in [0.3, 0.4) is 0 Å². The molecular formula is C19H28N4O2S. The van der Waals surface area contributed by atoms with Crippen LogP contribution in [0.4, 0.5) is 0 Å². The molecule has 1 spiro atoms. The molecule has 7 heteroatoms. The first-order valence-corrected chi connectivity index (χ1v) is 11.2. The summed E-state index contributed by atoms with van der Waals surface area (Å²) in [5, 5.41) is 0. The number of aliphatic imine (C=N–C) groups is 2.